The summed E-state index contributed by atoms with van der Waals surface area (Å²) in [6.07, 6.45) is 0. The molecule has 0 radical (unpaired) electrons. The predicted molar refractivity (Wildman–Crippen MR) is 152 cm³/mol. The quantitative estimate of drug-likeness (QED) is 0.185. The van der Waals surface area contributed by atoms with E-state index in [1.165, 1.54) is 11.3 Å². The number of benzene rings is 4. The zero-order valence-corrected chi connectivity index (χ0v) is 22.7. The fourth-order valence-corrected chi connectivity index (χ4v) is 6.69. The second kappa shape index (κ2) is 11.3. The first-order valence-electron chi connectivity index (χ1n) is 11.7. The van der Waals surface area contributed by atoms with Gasteiger partial charge in [-0.1, -0.05) is 77.5 Å². The van der Waals surface area contributed by atoms with Crippen LogP contribution in [0.1, 0.15) is 16.9 Å². The van der Waals surface area contributed by atoms with Crippen molar-refractivity contribution in [3.8, 4) is 11.5 Å². The van der Waals surface area contributed by atoms with Crippen LogP contribution in [0.15, 0.2) is 103 Å². The van der Waals surface area contributed by atoms with Crippen LogP contribution in [0.4, 0.5) is 9.93 Å². The predicted octanol–water partition coefficient (Wildman–Crippen LogP) is 8.43. The number of fused-ring (bicyclic) bond motifs is 1. The van der Waals surface area contributed by atoms with E-state index < -0.39 is 19.4 Å². The molecule has 0 aliphatic rings. The Hall–Kier alpha value is -3.84. The summed E-state index contributed by atoms with van der Waals surface area (Å²) in [7, 11) is -4.14. The summed E-state index contributed by atoms with van der Waals surface area (Å²) in [6, 6.07) is 29.2. The average Bonchev–Trinajstić information content (AvgIpc) is 3.30. The second-order valence-electron chi connectivity index (χ2n) is 8.39. The molecule has 0 spiro atoms. The van der Waals surface area contributed by atoms with Crippen LogP contribution in [0.3, 0.4) is 0 Å². The number of thiazole rings is 1. The van der Waals surface area contributed by atoms with Gasteiger partial charge in [0.25, 0.3) is 0 Å². The molecule has 38 heavy (non-hydrogen) atoms. The summed E-state index contributed by atoms with van der Waals surface area (Å²) in [6.45, 7) is 1.99. The van der Waals surface area contributed by atoms with Gasteiger partial charge in [0.15, 0.2) is 10.9 Å². The topological polar surface area (TPSA) is 89.6 Å². The molecule has 192 valence electrons. The first-order chi connectivity index (χ1) is 18.4. The lowest BCUT2D eigenvalue weighted by Crippen LogP contribution is -2.34. The smallest absolute Gasteiger partial charge is 0.414 e. The third-order valence-electron chi connectivity index (χ3n) is 5.49. The van der Waals surface area contributed by atoms with E-state index in [1.54, 1.807) is 72.8 Å². The highest BCUT2D eigenvalue weighted by Gasteiger charge is 2.42. The van der Waals surface area contributed by atoms with E-state index in [4.69, 9.17) is 20.6 Å². The molecule has 5 rings (SSSR count). The average molecular weight is 564 g/mol. The molecule has 10 heteroatoms. The van der Waals surface area contributed by atoms with Crippen molar-refractivity contribution in [3.05, 3.63) is 119 Å². The number of nitrogens with one attached hydrogen (secondary N) is 2. The van der Waals surface area contributed by atoms with Gasteiger partial charge < -0.3 is 14.4 Å². The molecule has 0 saturated heterocycles. The summed E-state index contributed by atoms with van der Waals surface area (Å²) in [5.74, 6) is -0.527. The Morgan fingerprint density at radius 2 is 1.50 bits per heavy atom. The van der Waals surface area contributed by atoms with Crippen LogP contribution < -0.4 is 19.7 Å². The summed E-state index contributed by atoms with van der Waals surface area (Å²) >= 11 is 7.46. The normalized spacial score (nSPS) is 12.1. The maximum Gasteiger partial charge on any atom is 0.457 e. The molecule has 0 aliphatic heterocycles. The molecule has 1 aromatic heterocycles. The van der Waals surface area contributed by atoms with Crippen LogP contribution in [-0.4, -0.2) is 11.0 Å². The van der Waals surface area contributed by atoms with E-state index in [1.807, 2.05) is 37.3 Å². The molecule has 0 fully saturated rings. The Balaban J connectivity index is 1.49. The largest absolute Gasteiger partial charge is 0.457 e. The fraction of sp³-hybridized carbons (Fsp3) is 0.0714. The molecule has 4 aromatic carbocycles. The zero-order valence-electron chi connectivity index (χ0n) is 20.2. The van der Waals surface area contributed by atoms with Crippen molar-refractivity contribution in [1.29, 1.82) is 0 Å². The Morgan fingerprint density at radius 3 is 2.11 bits per heavy atom. The van der Waals surface area contributed by atoms with Gasteiger partial charge >= 0.3 is 13.6 Å². The van der Waals surface area contributed by atoms with Gasteiger partial charge in [-0.3, -0.25) is 5.32 Å². The molecule has 1 unspecified atom stereocenters. The first kappa shape index (κ1) is 25.8. The highest BCUT2D eigenvalue weighted by molar-refractivity contribution is 7.55. The molecule has 5 aromatic rings. The number of amides is 2. The first-order valence-corrected chi connectivity index (χ1v) is 14.5. The van der Waals surface area contributed by atoms with Crippen molar-refractivity contribution in [2.24, 2.45) is 0 Å². The third-order valence-corrected chi connectivity index (χ3v) is 8.66. The lowest BCUT2D eigenvalue weighted by Gasteiger charge is -2.28. The number of urea groups is 1. The number of hydrogen-bond donors (Lipinski definition) is 2. The Bertz CT molecular complexity index is 1550. The van der Waals surface area contributed by atoms with Gasteiger partial charge in [-0.05, 0) is 66.6 Å². The van der Waals surface area contributed by atoms with E-state index in [0.29, 0.717) is 27.2 Å². The number of halogens is 1. The maximum absolute atomic E-state index is 14.6. The minimum absolute atomic E-state index is 0.328. The Morgan fingerprint density at radius 1 is 0.895 bits per heavy atom. The molecule has 1 atom stereocenters. The van der Waals surface area contributed by atoms with E-state index >= 15 is 0 Å². The Kier molecular flexibility index (Phi) is 7.65. The van der Waals surface area contributed by atoms with Crippen LogP contribution in [0.2, 0.25) is 5.02 Å². The number of carbonyl (C=O) groups is 1. The monoisotopic (exact) mass is 563 g/mol. The van der Waals surface area contributed by atoms with E-state index in [0.717, 1.165) is 15.8 Å². The van der Waals surface area contributed by atoms with Crippen molar-refractivity contribution in [2.45, 2.75) is 12.7 Å². The van der Waals surface area contributed by atoms with Gasteiger partial charge in [0.05, 0.1) is 10.2 Å². The summed E-state index contributed by atoms with van der Waals surface area (Å²) in [5.41, 5.74) is 2.35. The number of para-hydroxylation sites is 2. The molecule has 0 saturated carbocycles. The van der Waals surface area contributed by atoms with Crippen molar-refractivity contribution in [1.82, 2.24) is 10.3 Å². The van der Waals surface area contributed by atoms with Crippen molar-refractivity contribution in [2.75, 3.05) is 5.32 Å². The van der Waals surface area contributed by atoms with Gasteiger partial charge in [0.2, 0.25) is 0 Å². The highest BCUT2D eigenvalue weighted by Crippen LogP contribution is 2.59. The maximum atomic E-state index is 14.6. The fourth-order valence-electron chi connectivity index (χ4n) is 3.71. The van der Waals surface area contributed by atoms with Gasteiger partial charge in [0.1, 0.15) is 11.5 Å². The van der Waals surface area contributed by atoms with Crippen LogP contribution in [0.25, 0.3) is 10.2 Å². The number of rotatable bonds is 8. The molecular formula is C28H23ClN3O4PS. The van der Waals surface area contributed by atoms with Gasteiger partial charge in [-0.2, -0.15) is 0 Å². The number of aryl methyl sites for hydroxylation is 1. The molecule has 2 N–H and O–H groups in total. The number of anilines is 1. The van der Waals surface area contributed by atoms with Crippen LogP contribution >= 0.6 is 30.5 Å². The van der Waals surface area contributed by atoms with Gasteiger partial charge in [-0.25, -0.2) is 14.3 Å². The van der Waals surface area contributed by atoms with Crippen molar-refractivity contribution >= 4 is 51.9 Å². The number of aromatic nitrogens is 1. The number of hydrogen-bond acceptors (Lipinski definition) is 6. The van der Waals surface area contributed by atoms with Crippen LogP contribution in [0.5, 0.6) is 11.5 Å². The van der Waals surface area contributed by atoms with Gasteiger partial charge in [0, 0.05) is 5.02 Å². The minimum Gasteiger partial charge on any atom is -0.414 e. The summed E-state index contributed by atoms with van der Waals surface area (Å²) < 4.78 is 27.5. The van der Waals surface area contributed by atoms with E-state index in [9.17, 15) is 9.36 Å². The third kappa shape index (κ3) is 6.17. The SMILES string of the molecule is Cc1ccc2nc(NC(=O)NC(c3ccc(Cl)cc3)P(=O)(Oc3ccccc3)Oc3ccccc3)sc2c1. The molecular weight excluding hydrogens is 541 g/mol. The zero-order chi connectivity index (χ0) is 26.5. The number of carbonyl (C=O) groups excluding carboxylic acids is 1. The molecule has 2 amide bonds. The lowest BCUT2D eigenvalue weighted by atomic mass is 10.2. The van der Waals surface area contributed by atoms with E-state index in [-0.39, 0.29) is 0 Å². The molecule has 1 heterocycles. The minimum atomic E-state index is -4.14. The Labute approximate surface area is 228 Å². The number of nitrogens with zero attached hydrogens (tertiary/aromatic N) is 1. The lowest BCUT2D eigenvalue weighted by molar-refractivity contribution is 0.249. The molecule has 0 aliphatic carbocycles. The standard InChI is InChI=1S/C28H23ClN3O4PS/c1-19-12-17-24-25(18-19)38-28(30-24)32-27(33)31-26(20-13-15-21(29)16-14-20)37(34,35-22-8-4-2-5-9-22)36-23-10-6-3-7-11-23/h2-18,26H,1H3,(H2,30,31,32,33). The van der Waals surface area contributed by atoms with Crippen LogP contribution in [0, 0.1) is 6.92 Å². The summed E-state index contributed by atoms with van der Waals surface area (Å²) in [4.78, 5) is 17.7. The second-order valence-corrected chi connectivity index (χ2v) is 11.8. The molecule has 0 bridgehead atoms. The highest BCUT2D eigenvalue weighted by atomic mass is 35.5. The molecule has 7 nitrogen and oxygen atoms in total. The van der Waals surface area contributed by atoms with E-state index in [2.05, 4.69) is 15.6 Å². The van der Waals surface area contributed by atoms with Crippen LogP contribution in [-0.2, 0) is 4.57 Å². The summed E-state index contributed by atoms with van der Waals surface area (Å²) in [5, 5.41) is 6.45. The van der Waals surface area contributed by atoms with Crippen molar-refractivity contribution in [3.63, 3.8) is 0 Å². The van der Waals surface area contributed by atoms with Gasteiger partial charge in [-0.15, -0.1) is 0 Å². The van der Waals surface area contributed by atoms with Crippen molar-refractivity contribution < 1.29 is 18.4 Å².